The summed E-state index contributed by atoms with van der Waals surface area (Å²) in [5.74, 6) is 8.81. The fraction of sp³-hybridized carbons (Fsp3) is 0.348. The van der Waals surface area contributed by atoms with Crippen LogP contribution in [0.4, 0.5) is 0 Å². The SMILES string of the molecule is CCOc1ccc(OCCNC(=O)CSc2nnc(COc3cc(C)cc(C)c3)n2N)cc1. The highest BCUT2D eigenvalue weighted by atomic mass is 32.2. The molecule has 0 atom stereocenters. The summed E-state index contributed by atoms with van der Waals surface area (Å²) >= 11 is 1.21. The van der Waals surface area contributed by atoms with Crippen LogP contribution in [-0.2, 0) is 11.4 Å². The van der Waals surface area contributed by atoms with Gasteiger partial charge in [0.15, 0.2) is 5.82 Å². The number of nitrogen functional groups attached to an aromatic ring is 1. The van der Waals surface area contributed by atoms with E-state index in [1.54, 1.807) is 0 Å². The molecule has 0 radical (unpaired) electrons. The van der Waals surface area contributed by atoms with Gasteiger partial charge in [-0.15, -0.1) is 10.2 Å². The van der Waals surface area contributed by atoms with Crippen LogP contribution in [0.2, 0.25) is 0 Å². The molecule has 1 aromatic heterocycles. The normalized spacial score (nSPS) is 10.6. The molecule has 2 aromatic carbocycles. The van der Waals surface area contributed by atoms with Gasteiger partial charge in [0.2, 0.25) is 11.1 Å². The monoisotopic (exact) mass is 471 g/mol. The molecule has 0 saturated heterocycles. The number of hydrogen-bond donors (Lipinski definition) is 2. The summed E-state index contributed by atoms with van der Waals surface area (Å²) in [5, 5.41) is 11.4. The molecular formula is C23H29N5O4S. The van der Waals surface area contributed by atoms with Crippen molar-refractivity contribution in [2.45, 2.75) is 32.5 Å². The number of rotatable bonds is 12. The van der Waals surface area contributed by atoms with Crippen LogP contribution in [-0.4, -0.2) is 46.3 Å². The predicted molar refractivity (Wildman–Crippen MR) is 127 cm³/mol. The van der Waals surface area contributed by atoms with Crippen molar-refractivity contribution < 1.29 is 19.0 Å². The fourth-order valence-electron chi connectivity index (χ4n) is 3.01. The maximum atomic E-state index is 12.1. The van der Waals surface area contributed by atoms with Gasteiger partial charge in [0, 0.05) is 0 Å². The lowest BCUT2D eigenvalue weighted by Gasteiger charge is -2.09. The minimum absolute atomic E-state index is 0.147. The number of aromatic nitrogens is 3. The molecule has 3 N–H and O–H groups in total. The van der Waals surface area contributed by atoms with E-state index in [2.05, 4.69) is 21.6 Å². The molecule has 0 aliphatic rings. The smallest absolute Gasteiger partial charge is 0.230 e. The molecule has 9 nitrogen and oxygen atoms in total. The maximum Gasteiger partial charge on any atom is 0.230 e. The van der Waals surface area contributed by atoms with Gasteiger partial charge in [-0.1, -0.05) is 17.8 Å². The van der Waals surface area contributed by atoms with Crippen molar-refractivity contribution in [2.75, 3.05) is 31.4 Å². The first-order valence-corrected chi connectivity index (χ1v) is 11.6. The van der Waals surface area contributed by atoms with Gasteiger partial charge in [0.1, 0.15) is 30.5 Å². The van der Waals surface area contributed by atoms with Gasteiger partial charge in [-0.2, -0.15) is 0 Å². The van der Waals surface area contributed by atoms with Gasteiger partial charge in [-0.05, 0) is 68.3 Å². The largest absolute Gasteiger partial charge is 0.494 e. The number of amides is 1. The van der Waals surface area contributed by atoms with Gasteiger partial charge in [-0.3, -0.25) is 4.79 Å². The van der Waals surface area contributed by atoms with Crippen LogP contribution in [0.25, 0.3) is 0 Å². The number of nitrogens with two attached hydrogens (primary N) is 1. The molecule has 0 aliphatic heterocycles. The highest BCUT2D eigenvalue weighted by Crippen LogP contribution is 2.19. The number of ether oxygens (including phenoxy) is 3. The van der Waals surface area contributed by atoms with Gasteiger partial charge in [-0.25, -0.2) is 4.68 Å². The van der Waals surface area contributed by atoms with Gasteiger partial charge >= 0.3 is 0 Å². The van der Waals surface area contributed by atoms with E-state index >= 15 is 0 Å². The molecule has 176 valence electrons. The molecule has 3 aromatic rings. The lowest BCUT2D eigenvalue weighted by atomic mass is 10.1. The van der Waals surface area contributed by atoms with E-state index in [0.717, 1.165) is 22.6 Å². The van der Waals surface area contributed by atoms with E-state index in [-0.39, 0.29) is 18.3 Å². The molecule has 33 heavy (non-hydrogen) atoms. The second kappa shape index (κ2) is 12.0. The Balaban J connectivity index is 1.37. The third-order valence-corrected chi connectivity index (χ3v) is 5.40. The second-order valence-corrected chi connectivity index (χ2v) is 8.21. The molecule has 10 heteroatoms. The summed E-state index contributed by atoms with van der Waals surface area (Å²) in [6.45, 7) is 7.50. The van der Waals surface area contributed by atoms with Crippen LogP contribution in [0.3, 0.4) is 0 Å². The lowest BCUT2D eigenvalue weighted by molar-refractivity contribution is -0.118. The zero-order chi connectivity index (χ0) is 23.6. The third kappa shape index (κ3) is 7.60. The second-order valence-electron chi connectivity index (χ2n) is 7.27. The van der Waals surface area contributed by atoms with E-state index in [4.69, 9.17) is 20.1 Å². The van der Waals surface area contributed by atoms with E-state index < -0.39 is 0 Å². The van der Waals surface area contributed by atoms with Gasteiger partial charge in [0.05, 0.1) is 18.9 Å². The zero-order valence-corrected chi connectivity index (χ0v) is 19.9. The molecule has 0 fully saturated rings. The summed E-state index contributed by atoms with van der Waals surface area (Å²) in [4.78, 5) is 12.1. The average molecular weight is 472 g/mol. The maximum absolute atomic E-state index is 12.1. The molecule has 0 bridgehead atoms. The number of nitrogens with one attached hydrogen (secondary N) is 1. The fourth-order valence-corrected chi connectivity index (χ4v) is 3.71. The van der Waals surface area contributed by atoms with Crippen molar-refractivity contribution in [1.82, 2.24) is 20.2 Å². The van der Waals surface area contributed by atoms with Crippen LogP contribution in [0.15, 0.2) is 47.6 Å². The number of aryl methyl sites for hydroxylation is 2. The van der Waals surface area contributed by atoms with Crippen molar-refractivity contribution in [3.63, 3.8) is 0 Å². The highest BCUT2D eigenvalue weighted by molar-refractivity contribution is 7.99. The quantitative estimate of drug-likeness (QED) is 0.236. The minimum atomic E-state index is -0.147. The van der Waals surface area contributed by atoms with Crippen LogP contribution < -0.4 is 25.4 Å². The Morgan fingerprint density at radius 1 is 1.00 bits per heavy atom. The molecule has 0 aliphatic carbocycles. The number of carbonyl (C=O) groups is 1. The summed E-state index contributed by atoms with van der Waals surface area (Å²) in [7, 11) is 0. The average Bonchev–Trinajstić information content (AvgIpc) is 3.14. The van der Waals surface area contributed by atoms with Crippen LogP contribution in [0, 0.1) is 13.8 Å². The first-order chi connectivity index (χ1) is 15.9. The molecule has 1 amide bonds. The highest BCUT2D eigenvalue weighted by Gasteiger charge is 2.13. The Kier molecular flexibility index (Phi) is 8.82. The molecule has 0 saturated carbocycles. The molecule has 0 unspecified atom stereocenters. The van der Waals surface area contributed by atoms with Gasteiger partial charge in [0.25, 0.3) is 0 Å². The van der Waals surface area contributed by atoms with Crippen molar-refractivity contribution >= 4 is 17.7 Å². The predicted octanol–water partition coefficient (Wildman–Crippen LogP) is 2.87. The van der Waals surface area contributed by atoms with Crippen LogP contribution in [0.5, 0.6) is 17.2 Å². The molecule has 1 heterocycles. The lowest BCUT2D eigenvalue weighted by Crippen LogP contribution is -2.29. The number of nitrogens with zero attached hydrogens (tertiary/aromatic N) is 3. The number of thioether (sulfide) groups is 1. The van der Waals surface area contributed by atoms with Gasteiger partial charge < -0.3 is 25.4 Å². The Labute approximate surface area is 197 Å². The Morgan fingerprint density at radius 3 is 2.33 bits per heavy atom. The van der Waals surface area contributed by atoms with E-state index in [1.807, 2.05) is 57.2 Å². The number of hydrogen-bond acceptors (Lipinski definition) is 8. The first-order valence-electron chi connectivity index (χ1n) is 10.6. The summed E-state index contributed by atoms with van der Waals surface area (Å²) < 4.78 is 18.1. The Bertz CT molecular complexity index is 1040. The molecule has 3 rings (SSSR count). The summed E-state index contributed by atoms with van der Waals surface area (Å²) in [5.41, 5.74) is 2.23. The van der Waals surface area contributed by atoms with Crippen molar-refractivity contribution in [1.29, 1.82) is 0 Å². The van der Waals surface area contributed by atoms with Crippen molar-refractivity contribution in [3.05, 3.63) is 59.4 Å². The molecular weight excluding hydrogens is 442 g/mol. The number of benzene rings is 2. The minimum Gasteiger partial charge on any atom is -0.494 e. The topological polar surface area (TPSA) is 114 Å². The first kappa shape index (κ1) is 24.2. The van der Waals surface area contributed by atoms with E-state index in [0.29, 0.717) is 36.5 Å². The standard InChI is InChI=1S/C23H29N5O4S/c1-4-30-18-5-7-19(8-6-18)31-10-9-25-22(29)15-33-23-27-26-21(28(23)24)14-32-20-12-16(2)11-17(3)13-20/h5-8,11-13H,4,9-10,14-15,24H2,1-3H3,(H,25,29). The summed E-state index contributed by atoms with van der Waals surface area (Å²) in [6, 6.07) is 13.3. The van der Waals surface area contributed by atoms with Crippen LogP contribution in [0.1, 0.15) is 23.9 Å². The number of carbonyl (C=O) groups excluding carboxylic acids is 1. The summed E-state index contributed by atoms with van der Waals surface area (Å²) in [6.07, 6.45) is 0. The third-order valence-electron chi connectivity index (χ3n) is 4.46. The van der Waals surface area contributed by atoms with E-state index in [1.165, 1.54) is 16.4 Å². The Hall–Kier alpha value is -3.40. The zero-order valence-electron chi connectivity index (χ0n) is 19.0. The van der Waals surface area contributed by atoms with E-state index in [9.17, 15) is 4.79 Å². The van der Waals surface area contributed by atoms with Crippen LogP contribution >= 0.6 is 11.8 Å². The Morgan fingerprint density at radius 2 is 1.67 bits per heavy atom. The molecule has 0 spiro atoms. The van der Waals surface area contributed by atoms with Crippen molar-refractivity contribution in [2.24, 2.45) is 0 Å². The van der Waals surface area contributed by atoms with Crippen molar-refractivity contribution in [3.8, 4) is 17.2 Å².